The summed E-state index contributed by atoms with van der Waals surface area (Å²) in [4.78, 5) is 0. The molecule has 1 nitrogen and oxygen atoms in total. The largest absolute Gasteiger partial charge is 0.147 e. The van der Waals surface area contributed by atoms with Gasteiger partial charge in [0, 0.05) is 0 Å². The van der Waals surface area contributed by atoms with Crippen LogP contribution in [0.25, 0.3) is 5.32 Å². The van der Waals surface area contributed by atoms with Gasteiger partial charge in [0.15, 0.2) is 0 Å². The van der Waals surface area contributed by atoms with E-state index in [1.54, 1.807) is 0 Å². The van der Waals surface area contributed by atoms with Crippen LogP contribution in [-0.2, 0) is 19.2 Å². The molecule has 5 heteroatoms. The zero-order chi connectivity index (χ0) is 14.7. The zero-order valence-electron chi connectivity index (χ0n) is 14.3. The van der Waals surface area contributed by atoms with E-state index < -0.39 is 0 Å². The Balaban J connectivity index is -0.000000429. The number of hydrogen-bond acceptors (Lipinski definition) is 0. The second kappa shape index (κ2) is 10.5. The second-order valence-corrected chi connectivity index (χ2v) is 13.0. The standard InChI is InChI=1S/C13H22N.C2H6Si.2ClH.Ti/c1-8-9(2)11(4)12(10(8)3)14-13(5,6)7;1-3-2;;;/h10H,1-7H3;1-2H3;2*1H;/q-1;;;;+1. The van der Waals surface area contributed by atoms with Crippen LogP contribution in [0, 0.1) is 5.92 Å². The second-order valence-electron chi connectivity index (χ2n) is 6.32. The molecule has 1 unspecified atom stereocenters. The normalized spacial score (nSPS) is 17.9. The van der Waals surface area contributed by atoms with Crippen molar-refractivity contribution in [1.29, 1.82) is 0 Å². The summed E-state index contributed by atoms with van der Waals surface area (Å²) in [6, 6.07) is 0. The Morgan fingerprint density at radius 2 is 1.35 bits per heavy atom. The van der Waals surface area contributed by atoms with Crippen molar-refractivity contribution >= 4 is 31.0 Å². The Bertz CT molecular complexity index is 391. The molecule has 20 heavy (non-hydrogen) atoms. The van der Waals surface area contributed by atoms with Gasteiger partial charge in [0.1, 0.15) is 0 Å². The van der Waals surface area contributed by atoms with E-state index in [1.165, 1.54) is 22.4 Å². The van der Waals surface area contributed by atoms with Crippen molar-refractivity contribution in [3.05, 3.63) is 27.7 Å². The molecule has 117 valence electrons. The van der Waals surface area contributed by atoms with Gasteiger partial charge < -0.3 is 5.32 Å². The minimum absolute atomic E-state index is 0. The van der Waals surface area contributed by atoms with Crippen molar-refractivity contribution in [2.45, 2.75) is 67.1 Å². The van der Waals surface area contributed by atoms with Crippen LogP contribution in [0.4, 0.5) is 0 Å². The first-order valence-electron chi connectivity index (χ1n) is 6.60. The fourth-order valence-electron chi connectivity index (χ4n) is 1.88. The van der Waals surface area contributed by atoms with Crippen LogP contribution in [0.5, 0.6) is 0 Å². The molecule has 0 heterocycles. The first-order valence-corrected chi connectivity index (χ1v) is 11.4. The number of nitrogens with zero attached hydrogens (tertiary/aromatic N) is 1. The molecule has 0 bridgehead atoms. The van der Waals surface area contributed by atoms with Gasteiger partial charge in [0.25, 0.3) is 0 Å². The summed E-state index contributed by atoms with van der Waals surface area (Å²) in [5, 5.41) is 4.81. The smallest absolute Gasteiger partial charge is 0.147 e. The van der Waals surface area contributed by atoms with E-state index in [4.69, 9.17) is 5.32 Å². The Morgan fingerprint density at radius 1 is 1.00 bits per heavy atom. The fraction of sp³-hybridized carbons (Fsp3) is 0.733. The Morgan fingerprint density at radius 3 is 1.55 bits per heavy atom. The van der Waals surface area contributed by atoms with Crippen LogP contribution in [0.3, 0.4) is 0 Å². The minimum Gasteiger partial charge on any atom is -0.147 e. The number of allylic oxidation sites excluding steroid dienone is 3. The molecular formula is C15H30Cl2NSiTi. The van der Waals surface area contributed by atoms with E-state index >= 15 is 0 Å². The van der Waals surface area contributed by atoms with Crippen molar-refractivity contribution < 1.29 is 19.2 Å². The molecule has 0 saturated carbocycles. The monoisotopic (exact) mass is 370 g/mol. The number of hydrogen-bond donors (Lipinski definition) is 0. The molecule has 1 aliphatic carbocycles. The van der Waals surface area contributed by atoms with E-state index in [1.807, 2.05) is 0 Å². The molecule has 0 fully saturated rings. The predicted octanol–water partition coefficient (Wildman–Crippen LogP) is 6.05. The molecule has 0 aromatic heterocycles. The van der Waals surface area contributed by atoms with Crippen molar-refractivity contribution in [3.63, 3.8) is 0 Å². The van der Waals surface area contributed by atoms with Gasteiger partial charge in [-0.2, -0.15) is 5.70 Å². The summed E-state index contributed by atoms with van der Waals surface area (Å²) < 4.78 is 0. The quantitative estimate of drug-likeness (QED) is 0.499. The molecular weight excluding hydrogens is 341 g/mol. The van der Waals surface area contributed by atoms with Gasteiger partial charge in [-0.05, 0) is 26.7 Å². The molecule has 0 saturated heterocycles. The Hall–Kier alpha value is 0.791. The van der Waals surface area contributed by atoms with Crippen molar-refractivity contribution in [1.82, 2.24) is 0 Å². The van der Waals surface area contributed by atoms with Gasteiger partial charge >= 0.3 is 38.5 Å². The maximum atomic E-state index is 4.81. The predicted molar refractivity (Wildman–Crippen MR) is 95.3 cm³/mol. The summed E-state index contributed by atoms with van der Waals surface area (Å²) in [6.45, 7) is 19.9. The summed E-state index contributed by atoms with van der Waals surface area (Å²) in [5.74, 6) is 0.509. The topological polar surface area (TPSA) is 14.1 Å². The van der Waals surface area contributed by atoms with Gasteiger partial charge in [-0.3, -0.25) is 0 Å². The van der Waals surface area contributed by atoms with Crippen molar-refractivity contribution in [2.75, 3.05) is 0 Å². The van der Waals surface area contributed by atoms with Crippen molar-refractivity contribution in [2.24, 2.45) is 5.92 Å². The van der Waals surface area contributed by atoms with E-state index in [-0.39, 0.29) is 36.5 Å². The number of rotatable bonds is 1. The molecule has 0 aliphatic heterocycles. The average molecular weight is 371 g/mol. The summed E-state index contributed by atoms with van der Waals surface area (Å²) in [6.07, 6.45) is 0.120. The molecule has 0 aromatic rings. The first kappa shape index (κ1) is 25.7. The van der Waals surface area contributed by atoms with Gasteiger partial charge in [-0.25, -0.2) is 0 Å². The molecule has 0 aromatic carbocycles. The average Bonchev–Trinajstić information content (AvgIpc) is 2.33. The van der Waals surface area contributed by atoms with Crippen LogP contribution in [0.15, 0.2) is 22.4 Å². The minimum atomic E-state index is 0. The van der Waals surface area contributed by atoms with Gasteiger partial charge in [0.2, 0.25) is 0 Å². The first-order chi connectivity index (χ1) is 7.97. The van der Waals surface area contributed by atoms with E-state index in [2.05, 4.69) is 80.7 Å². The van der Waals surface area contributed by atoms with Crippen LogP contribution in [0.1, 0.15) is 48.5 Å². The zero-order valence-corrected chi connectivity index (χ0v) is 18.5. The summed E-state index contributed by atoms with van der Waals surface area (Å²) in [5.41, 5.74) is 5.61. The Kier molecular flexibility index (Phi) is 13.5. The van der Waals surface area contributed by atoms with Crippen LogP contribution in [-0.4, -0.2) is 11.7 Å². The van der Waals surface area contributed by atoms with E-state index in [0.29, 0.717) is 5.92 Å². The summed E-state index contributed by atoms with van der Waals surface area (Å²) in [7, 11) is 0. The SMILES string of the molecule is CC1=C(C)C(C)C([N-]C(C)(C)C)=C1C.C[Si](C)=[Ti+].Cl.Cl. The third kappa shape index (κ3) is 8.94. The van der Waals surface area contributed by atoms with Crippen LogP contribution >= 0.6 is 24.8 Å². The van der Waals surface area contributed by atoms with Crippen LogP contribution < -0.4 is 0 Å². The van der Waals surface area contributed by atoms with E-state index in [9.17, 15) is 0 Å². The molecule has 1 atom stereocenters. The summed E-state index contributed by atoms with van der Waals surface area (Å²) >= 11 is 2.27. The third-order valence-corrected chi connectivity index (χ3v) is 3.05. The molecule has 1 aliphatic rings. The maximum absolute atomic E-state index is 4.81. The fourth-order valence-corrected chi connectivity index (χ4v) is 1.88. The third-order valence-electron chi connectivity index (χ3n) is 3.05. The van der Waals surface area contributed by atoms with Gasteiger partial charge in [-0.1, -0.05) is 44.4 Å². The van der Waals surface area contributed by atoms with Gasteiger partial charge in [0.05, 0.1) is 0 Å². The molecule has 0 spiro atoms. The van der Waals surface area contributed by atoms with E-state index in [0.717, 1.165) is 0 Å². The molecule has 0 N–H and O–H groups in total. The van der Waals surface area contributed by atoms with Crippen molar-refractivity contribution in [3.8, 4) is 0 Å². The Labute approximate surface area is 150 Å². The molecule has 0 amide bonds. The molecule has 1 rings (SSSR count). The van der Waals surface area contributed by atoms with Gasteiger partial charge in [-0.15, -0.1) is 30.4 Å². The number of halogens is 2. The molecule has 0 radical (unpaired) electrons. The van der Waals surface area contributed by atoms with Crippen LogP contribution in [0.2, 0.25) is 13.1 Å². The maximum Gasteiger partial charge on any atom is -0.147 e.